The zero-order valence-corrected chi connectivity index (χ0v) is 11.3. The minimum atomic E-state index is -0.311. The van der Waals surface area contributed by atoms with E-state index in [-0.39, 0.29) is 11.3 Å². The minimum Gasteiger partial charge on any atom is -0.494 e. The number of allylic oxidation sites excluding steroid dienone is 2. The summed E-state index contributed by atoms with van der Waals surface area (Å²) in [6.45, 7) is 0. The van der Waals surface area contributed by atoms with E-state index in [0.29, 0.717) is 17.1 Å². The van der Waals surface area contributed by atoms with E-state index in [1.54, 1.807) is 36.4 Å². The molecule has 0 saturated heterocycles. The van der Waals surface area contributed by atoms with Gasteiger partial charge >= 0.3 is 0 Å². The number of hydrogen-bond donors (Lipinski definition) is 1. The Hall–Kier alpha value is -3.90. The molecule has 0 bridgehead atoms. The van der Waals surface area contributed by atoms with E-state index < -0.39 is 0 Å². The van der Waals surface area contributed by atoms with E-state index in [1.165, 1.54) is 18.1 Å². The Labute approximate surface area is 125 Å². The number of hydrogen-bond acceptors (Lipinski definition) is 8. The molecule has 0 aliphatic heterocycles. The predicted molar refractivity (Wildman–Crippen MR) is 73.2 cm³/mol. The fourth-order valence-corrected chi connectivity index (χ4v) is 1.62. The molecule has 0 spiro atoms. The average molecular weight is 292 g/mol. The van der Waals surface area contributed by atoms with Crippen molar-refractivity contribution < 1.29 is 4.74 Å². The highest BCUT2D eigenvalue weighted by atomic mass is 16.5. The molecule has 2 aromatic rings. The maximum atomic E-state index is 9.04. The van der Waals surface area contributed by atoms with Crippen molar-refractivity contribution in [3.63, 3.8) is 0 Å². The van der Waals surface area contributed by atoms with Gasteiger partial charge in [-0.15, -0.1) is 5.10 Å². The van der Waals surface area contributed by atoms with Gasteiger partial charge in [0.1, 0.15) is 36.0 Å². The van der Waals surface area contributed by atoms with Crippen LogP contribution in [-0.2, 0) is 0 Å². The van der Waals surface area contributed by atoms with Crippen LogP contribution in [-0.4, -0.2) is 27.3 Å². The van der Waals surface area contributed by atoms with Crippen molar-refractivity contribution in [2.75, 3.05) is 12.4 Å². The molecule has 1 aromatic carbocycles. The summed E-state index contributed by atoms with van der Waals surface area (Å²) in [5, 5.41) is 40.2. The largest absolute Gasteiger partial charge is 0.494 e. The van der Waals surface area contributed by atoms with Gasteiger partial charge in [-0.1, -0.05) is 0 Å². The monoisotopic (exact) mass is 292 g/mol. The molecule has 9 nitrogen and oxygen atoms in total. The van der Waals surface area contributed by atoms with Crippen LogP contribution in [0.3, 0.4) is 0 Å². The normalized spacial score (nSPS) is 9.00. The second-order valence-electron chi connectivity index (χ2n) is 3.85. The van der Waals surface area contributed by atoms with Crippen molar-refractivity contribution in [3.8, 4) is 29.6 Å². The summed E-state index contributed by atoms with van der Waals surface area (Å²) >= 11 is 0. The van der Waals surface area contributed by atoms with E-state index in [1.807, 2.05) is 0 Å². The van der Waals surface area contributed by atoms with Crippen LogP contribution in [0.1, 0.15) is 0 Å². The molecule has 0 aliphatic rings. The summed E-state index contributed by atoms with van der Waals surface area (Å²) in [5.41, 5.74) is 0.613. The molecular weight excluding hydrogens is 284 g/mol. The van der Waals surface area contributed by atoms with Crippen molar-refractivity contribution in [1.82, 2.24) is 20.2 Å². The van der Waals surface area contributed by atoms with Crippen molar-refractivity contribution in [1.29, 1.82) is 15.8 Å². The number of nitriles is 3. The molecule has 106 valence electrons. The van der Waals surface area contributed by atoms with Gasteiger partial charge in [-0.3, -0.25) is 0 Å². The molecular formula is C13H8N8O. The predicted octanol–water partition coefficient (Wildman–Crippen LogP) is 0.908. The number of anilines is 1. The first-order chi connectivity index (χ1) is 10.7. The van der Waals surface area contributed by atoms with Crippen LogP contribution in [0.4, 0.5) is 5.69 Å². The van der Waals surface area contributed by atoms with Gasteiger partial charge in [-0.25, -0.2) is 4.68 Å². The Morgan fingerprint density at radius 3 is 2.55 bits per heavy atom. The van der Waals surface area contributed by atoms with Gasteiger partial charge in [0.25, 0.3) is 0 Å². The van der Waals surface area contributed by atoms with Crippen LogP contribution in [0.25, 0.3) is 5.69 Å². The van der Waals surface area contributed by atoms with E-state index in [4.69, 9.17) is 20.5 Å². The Morgan fingerprint density at radius 2 is 2.00 bits per heavy atom. The van der Waals surface area contributed by atoms with Gasteiger partial charge < -0.3 is 10.1 Å². The highest BCUT2D eigenvalue weighted by Crippen LogP contribution is 2.28. The summed E-state index contributed by atoms with van der Waals surface area (Å²) in [6.07, 6.45) is 1.42. The quantitative estimate of drug-likeness (QED) is 0.821. The third-order valence-electron chi connectivity index (χ3n) is 2.64. The van der Waals surface area contributed by atoms with Gasteiger partial charge in [0.15, 0.2) is 5.57 Å². The fourth-order valence-electron chi connectivity index (χ4n) is 1.62. The zero-order chi connectivity index (χ0) is 15.9. The summed E-state index contributed by atoms with van der Waals surface area (Å²) in [5.74, 6) is 0.399. The fraction of sp³-hybridized carbons (Fsp3) is 0.0769. The zero-order valence-electron chi connectivity index (χ0n) is 11.3. The molecule has 1 aromatic heterocycles. The Balaban J connectivity index is 2.42. The summed E-state index contributed by atoms with van der Waals surface area (Å²) in [6, 6.07) is 10.0. The summed E-state index contributed by atoms with van der Waals surface area (Å²) in [7, 11) is 1.45. The molecule has 0 radical (unpaired) electrons. The molecule has 1 N–H and O–H groups in total. The number of nitrogens with one attached hydrogen (secondary N) is 1. The number of rotatable bonds is 4. The van der Waals surface area contributed by atoms with E-state index in [0.717, 1.165) is 0 Å². The standard InChI is InChI=1S/C13H8N8O/c1-22-13-4-10(21-8-17-19-20-21)2-3-11(13)18-12(7-16)9(5-14)6-15/h2-4,8,18H,1H3. The van der Waals surface area contributed by atoms with Crippen molar-refractivity contribution >= 4 is 5.69 Å². The molecule has 9 heteroatoms. The molecule has 0 atom stereocenters. The number of ether oxygens (including phenoxy) is 1. The number of methoxy groups -OCH3 is 1. The number of nitrogens with zero attached hydrogens (tertiary/aromatic N) is 7. The van der Waals surface area contributed by atoms with Crippen LogP contribution in [0, 0.1) is 34.0 Å². The summed E-state index contributed by atoms with van der Waals surface area (Å²) < 4.78 is 6.67. The van der Waals surface area contributed by atoms with Gasteiger partial charge in [-0.2, -0.15) is 15.8 Å². The first-order valence-electron chi connectivity index (χ1n) is 5.86. The Bertz CT molecular complexity index is 816. The van der Waals surface area contributed by atoms with Crippen molar-refractivity contribution in [2.24, 2.45) is 0 Å². The second kappa shape index (κ2) is 6.51. The van der Waals surface area contributed by atoms with E-state index in [9.17, 15) is 0 Å². The Morgan fingerprint density at radius 1 is 1.23 bits per heavy atom. The van der Waals surface area contributed by atoms with Gasteiger partial charge in [0, 0.05) is 6.07 Å². The van der Waals surface area contributed by atoms with Gasteiger partial charge in [0.2, 0.25) is 0 Å². The highest BCUT2D eigenvalue weighted by Gasteiger charge is 2.11. The van der Waals surface area contributed by atoms with Crippen LogP contribution in [0.2, 0.25) is 0 Å². The number of benzene rings is 1. The molecule has 1 heterocycles. The molecule has 0 fully saturated rings. The Kier molecular flexibility index (Phi) is 4.29. The smallest absolute Gasteiger partial charge is 0.163 e. The molecule has 22 heavy (non-hydrogen) atoms. The van der Waals surface area contributed by atoms with E-state index >= 15 is 0 Å². The topological polar surface area (TPSA) is 136 Å². The maximum Gasteiger partial charge on any atom is 0.163 e. The van der Waals surface area contributed by atoms with Crippen LogP contribution in [0.5, 0.6) is 5.75 Å². The minimum absolute atomic E-state index is 0.154. The second-order valence-corrected chi connectivity index (χ2v) is 3.85. The molecule has 0 amide bonds. The first-order valence-corrected chi connectivity index (χ1v) is 5.86. The van der Waals surface area contributed by atoms with Gasteiger partial charge in [0.05, 0.1) is 18.5 Å². The van der Waals surface area contributed by atoms with Gasteiger partial charge in [-0.05, 0) is 22.6 Å². The SMILES string of the molecule is COc1cc(-n2cnnn2)ccc1NC(C#N)=C(C#N)C#N. The van der Waals surface area contributed by atoms with Crippen LogP contribution >= 0.6 is 0 Å². The van der Waals surface area contributed by atoms with Crippen LogP contribution in [0.15, 0.2) is 35.8 Å². The maximum absolute atomic E-state index is 9.04. The highest BCUT2D eigenvalue weighted by molar-refractivity contribution is 5.66. The number of aromatic nitrogens is 4. The average Bonchev–Trinajstić information content (AvgIpc) is 3.09. The summed E-state index contributed by atoms with van der Waals surface area (Å²) in [4.78, 5) is 0. The lowest BCUT2D eigenvalue weighted by atomic mass is 10.2. The lowest BCUT2D eigenvalue weighted by molar-refractivity contribution is 0.416. The molecule has 2 rings (SSSR count). The molecule has 0 aliphatic carbocycles. The molecule has 0 saturated carbocycles. The molecule has 0 unspecified atom stereocenters. The lowest BCUT2D eigenvalue weighted by Crippen LogP contribution is -2.04. The lowest BCUT2D eigenvalue weighted by Gasteiger charge is -2.11. The van der Waals surface area contributed by atoms with E-state index in [2.05, 4.69) is 20.8 Å². The van der Waals surface area contributed by atoms with Crippen molar-refractivity contribution in [3.05, 3.63) is 35.8 Å². The third kappa shape index (κ3) is 2.82. The third-order valence-corrected chi connectivity index (χ3v) is 2.64. The first kappa shape index (κ1) is 14.5. The van der Waals surface area contributed by atoms with Crippen LogP contribution < -0.4 is 10.1 Å². The number of tetrazole rings is 1. The van der Waals surface area contributed by atoms with Crippen molar-refractivity contribution in [2.45, 2.75) is 0 Å².